The molecule has 2 aliphatic rings. The molecule has 2 fully saturated rings. The first-order valence-electron chi connectivity index (χ1n) is 9.40. The first-order chi connectivity index (χ1) is 12.7. The number of para-hydroxylation sites is 1. The van der Waals surface area contributed by atoms with E-state index in [1.54, 1.807) is 0 Å². The van der Waals surface area contributed by atoms with Gasteiger partial charge in [-0.2, -0.15) is 0 Å². The van der Waals surface area contributed by atoms with Crippen LogP contribution in [0.2, 0.25) is 0 Å². The summed E-state index contributed by atoms with van der Waals surface area (Å²) in [5.41, 5.74) is 1.07. The van der Waals surface area contributed by atoms with E-state index in [4.69, 9.17) is 4.74 Å². The molecule has 0 N–H and O–H groups in total. The van der Waals surface area contributed by atoms with E-state index in [-0.39, 0.29) is 17.7 Å². The Balaban J connectivity index is 1.40. The molecule has 3 heterocycles. The van der Waals surface area contributed by atoms with E-state index >= 15 is 0 Å². The van der Waals surface area contributed by atoms with Gasteiger partial charge < -0.3 is 19.1 Å². The number of amides is 2. The molecule has 2 aliphatic heterocycles. The molecule has 1 aromatic carbocycles. The second kappa shape index (κ2) is 7.50. The fourth-order valence-corrected chi connectivity index (χ4v) is 3.97. The number of rotatable bonds is 3. The smallest absolute Gasteiger partial charge is 0.242 e. The zero-order chi connectivity index (χ0) is 17.9. The van der Waals surface area contributed by atoms with Crippen LogP contribution in [-0.2, 0) is 20.9 Å². The number of aromatic nitrogens is 1. The Labute approximate surface area is 153 Å². The Bertz CT molecular complexity index is 794. The number of piperidine rings is 1. The van der Waals surface area contributed by atoms with Gasteiger partial charge in [-0.15, -0.1) is 0 Å². The number of hydrogen-bond acceptors (Lipinski definition) is 3. The quantitative estimate of drug-likeness (QED) is 0.843. The van der Waals surface area contributed by atoms with E-state index < -0.39 is 0 Å². The molecule has 26 heavy (non-hydrogen) atoms. The number of fused-ring (bicyclic) bond motifs is 1. The molecule has 1 atom stereocenters. The van der Waals surface area contributed by atoms with Crippen LogP contribution in [0.3, 0.4) is 0 Å². The number of hydrogen-bond donors (Lipinski definition) is 0. The third-order valence-corrected chi connectivity index (χ3v) is 5.43. The molecule has 4 rings (SSSR count). The van der Waals surface area contributed by atoms with Crippen molar-refractivity contribution in [1.82, 2.24) is 14.4 Å². The van der Waals surface area contributed by atoms with E-state index in [2.05, 4.69) is 0 Å². The van der Waals surface area contributed by atoms with Gasteiger partial charge in [-0.05, 0) is 30.4 Å². The summed E-state index contributed by atoms with van der Waals surface area (Å²) in [6.45, 7) is 4.16. The summed E-state index contributed by atoms with van der Waals surface area (Å²) in [5.74, 6) is 0.190. The Kier molecular flexibility index (Phi) is 4.93. The first kappa shape index (κ1) is 17.1. The average Bonchev–Trinajstić information content (AvgIpc) is 3.11. The van der Waals surface area contributed by atoms with Crippen LogP contribution in [0.1, 0.15) is 12.8 Å². The maximum atomic E-state index is 12.8. The Morgan fingerprint density at radius 2 is 1.85 bits per heavy atom. The number of carbonyl (C=O) groups is 2. The van der Waals surface area contributed by atoms with Crippen LogP contribution in [0.5, 0.6) is 0 Å². The maximum Gasteiger partial charge on any atom is 0.242 e. The highest BCUT2D eigenvalue weighted by atomic mass is 16.5. The second-order valence-corrected chi connectivity index (χ2v) is 7.12. The fraction of sp³-hybridized carbons (Fsp3) is 0.500. The van der Waals surface area contributed by atoms with Gasteiger partial charge in [-0.25, -0.2) is 0 Å². The lowest BCUT2D eigenvalue weighted by atomic mass is 9.96. The minimum atomic E-state index is -0.0767. The standard InChI is InChI=1S/C20H25N3O3/c24-19(15-22-9-7-16-4-1-2-6-18(16)22)23-8-3-5-17(14-23)20(25)21-10-12-26-13-11-21/h1-2,4,6-7,9,17H,3,5,8,10-15H2/t17-/m0/s1. The molecule has 0 bridgehead atoms. The van der Waals surface area contributed by atoms with E-state index in [1.165, 1.54) is 0 Å². The number of nitrogens with zero attached hydrogens (tertiary/aromatic N) is 3. The molecule has 138 valence electrons. The average molecular weight is 355 g/mol. The summed E-state index contributed by atoms with van der Waals surface area (Å²) in [4.78, 5) is 29.3. The normalized spacial score (nSPS) is 21.2. The van der Waals surface area contributed by atoms with Crippen molar-refractivity contribution in [3.63, 3.8) is 0 Å². The lowest BCUT2D eigenvalue weighted by Crippen LogP contribution is -2.50. The molecule has 2 aromatic rings. The maximum absolute atomic E-state index is 12.8. The molecular formula is C20H25N3O3. The third-order valence-electron chi connectivity index (χ3n) is 5.43. The summed E-state index contributed by atoms with van der Waals surface area (Å²) < 4.78 is 7.32. The van der Waals surface area contributed by atoms with Crippen molar-refractivity contribution in [2.45, 2.75) is 19.4 Å². The van der Waals surface area contributed by atoms with E-state index in [0.717, 1.165) is 30.3 Å². The van der Waals surface area contributed by atoms with Gasteiger partial charge in [0, 0.05) is 37.9 Å². The molecule has 2 amide bonds. The van der Waals surface area contributed by atoms with Crippen molar-refractivity contribution in [2.24, 2.45) is 5.92 Å². The molecule has 0 unspecified atom stereocenters. The summed E-state index contributed by atoms with van der Waals surface area (Å²) in [6.07, 6.45) is 3.72. The lowest BCUT2D eigenvalue weighted by molar-refractivity contribution is -0.144. The molecular weight excluding hydrogens is 330 g/mol. The van der Waals surface area contributed by atoms with Crippen LogP contribution in [0.4, 0.5) is 0 Å². The topological polar surface area (TPSA) is 54.8 Å². The largest absolute Gasteiger partial charge is 0.378 e. The molecule has 0 saturated carbocycles. The van der Waals surface area contributed by atoms with Crippen molar-refractivity contribution >= 4 is 22.7 Å². The zero-order valence-corrected chi connectivity index (χ0v) is 15.0. The van der Waals surface area contributed by atoms with Gasteiger partial charge in [-0.1, -0.05) is 18.2 Å². The van der Waals surface area contributed by atoms with Crippen LogP contribution >= 0.6 is 0 Å². The van der Waals surface area contributed by atoms with E-state index in [9.17, 15) is 9.59 Å². The summed E-state index contributed by atoms with van der Waals surface area (Å²) in [5, 5.41) is 1.14. The van der Waals surface area contributed by atoms with Gasteiger partial charge in [0.05, 0.1) is 19.1 Å². The van der Waals surface area contributed by atoms with Gasteiger partial charge in [0.1, 0.15) is 6.54 Å². The van der Waals surface area contributed by atoms with E-state index in [0.29, 0.717) is 39.4 Å². The SMILES string of the molecule is O=C(Cn1ccc2ccccc21)N1CCC[C@H](C(=O)N2CCOCC2)C1. The molecule has 0 radical (unpaired) electrons. The van der Waals surface area contributed by atoms with Crippen molar-refractivity contribution < 1.29 is 14.3 Å². The Morgan fingerprint density at radius 3 is 2.69 bits per heavy atom. The van der Waals surface area contributed by atoms with E-state index in [1.807, 2.05) is 50.9 Å². The minimum Gasteiger partial charge on any atom is -0.378 e. The van der Waals surface area contributed by atoms with Crippen LogP contribution in [-0.4, -0.2) is 65.6 Å². The van der Waals surface area contributed by atoms with Crippen molar-refractivity contribution in [2.75, 3.05) is 39.4 Å². The molecule has 0 spiro atoms. The third kappa shape index (κ3) is 3.46. The van der Waals surface area contributed by atoms with Gasteiger partial charge >= 0.3 is 0 Å². The van der Waals surface area contributed by atoms with Crippen LogP contribution in [0.25, 0.3) is 10.9 Å². The van der Waals surface area contributed by atoms with Gasteiger partial charge in [0.25, 0.3) is 0 Å². The van der Waals surface area contributed by atoms with Gasteiger partial charge in [0.15, 0.2) is 0 Å². The highest BCUT2D eigenvalue weighted by Gasteiger charge is 2.31. The van der Waals surface area contributed by atoms with Crippen LogP contribution < -0.4 is 0 Å². The lowest BCUT2D eigenvalue weighted by Gasteiger charge is -2.36. The minimum absolute atomic E-state index is 0.0767. The molecule has 1 aromatic heterocycles. The highest BCUT2D eigenvalue weighted by molar-refractivity contribution is 5.84. The summed E-state index contributed by atoms with van der Waals surface area (Å²) in [7, 11) is 0. The summed E-state index contributed by atoms with van der Waals surface area (Å²) in [6, 6.07) is 10.1. The fourth-order valence-electron chi connectivity index (χ4n) is 3.97. The molecule has 0 aliphatic carbocycles. The monoisotopic (exact) mass is 355 g/mol. The first-order valence-corrected chi connectivity index (χ1v) is 9.40. The van der Waals surface area contributed by atoms with Crippen LogP contribution in [0.15, 0.2) is 36.5 Å². The number of benzene rings is 1. The molecule has 2 saturated heterocycles. The Morgan fingerprint density at radius 1 is 1.04 bits per heavy atom. The van der Waals surface area contributed by atoms with Crippen molar-refractivity contribution in [1.29, 1.82) is 0 Å². The van der Waals surface area contributed by atoms with Crippen molar-refractivity contribution in [3.8, 4) is 0 Å². The van der Waals surface area contributed by atoms with Gasteiger partial charge in [-0.3, -0.25) is 9.59 Å². The zero-order valence-electron chi connectivity index (χ0n) is 15.0. The second-order valence-electron chi connectivity index (χ2n) is 7.12. The number of likely N-dealkylation sites (tertiary alicyclic amines) is 1. The predicted molar refractivity (Wildman–Crippen MR) is 98.6 cm³/mol. The van der Waals surface area contributed by atoms with Gasteiger partial charge in [0.2, 0.25) is 11.8 Å². The van der Waals surface area contributed by atoms with Crippen molar-refractivity contribution in [3.05, 3.63) is 36.5 Å². The number of morpholine rings is 1. The predicted octanol–water partition coefficient (Wildman–Crippen LogP) is 1.74. The number of ether oxygens (including phenoxy) is 1. The highest BCUT2D eigenvalue weighted by Crippen LogP contribution is 2.21. The Hall–Kier alpha value is -2.34. The number of carbonyl (C=O) groups excluding carboxylic acids is 2. The van der Waals surface area contributed by atoms with Crippen LogP contribution in [0, 0.1) is 5.92 Å². The summed E-state index contributed by atoms with van der Waals surface area (Å²) >= 11 is 0. The molecule has 6 nitrogen and oxygen atoms in total. The molecule has 6 heteroatoms.